The monoisotopic (exact) mass is 640 g/mol. The molecule has 0 amide bonds. The van der Waals surface area contributed by atoms with E-state index in [4.69, 9.17) is 23.2 Å². The summed E-state index contributed by atoms with van der Waals surface area (Å²) in [5.74, 6) is -4.89. The highest BCUT2D eigenvalue weighted by Gasteiger charge is 2.45. The number of aliphatic carboxylic acids is 2. The lowest BCUT2D eigenvalue weighted by Gasteiger charge is -2.42. The van der Waals surface area contributed by atoms with E-state index in [2.05, 4.69) is 9.97 Å². The minimum atomic E-state index is -1.43. The van der Waals surface area contributed by atoms with E-state index in [9.17, 15) is 39.0 Å². The summed E-state index contributed by atoms with van der Waals surface area (Å²) in [5.41, 5.74) is -1.85. The smallest absolute Gasteiger partial charge is 0.330 e. The zero-order chi connectivity index (χ0) is 31.8. The molecule has 2 aromatic heterocycles. The number of aromatic nitrogens is 4. The molecule has 2 aliphatic rings. The number of hydrogen-bond donors (Lipinski definition) is 4. The minimum absolute atomic E-state index is 0.0278. The Morgan fingerprint density at radius 1 is 0.705 bits per heavy atom. The molecule has 14 nitrogen and oxygen atoms in total. The van der Waals surface area contributed by atoms with Gasteiger partial charge >= 0.3 is 23.3 Å². The van der Waals surface area contributed by atoms with Crippen LogP contribution in [0.15, 0.2) is 55.6 Å². The van der Waals surface area contributed by atoms with Crippen molar-refractivity contribution in [1.82, 2.24) is 19.1 Å². The van der Waals surface area contributed by atoms with E-state index in [1.165, 1.54) is 9.80 Å². The van der Waals surface area contributed by atoms with Gasteiger partial charge < -0.3 is 20.0 Å². The quantitative estimate of drug-likeness (QED) is 0.251. The van der Waals surface area contributed by atoms with E-state index in [0.29, 0.717) is 41.7 Å². The number of nitrogens with one attached hydrogen (secondary N) is 2. The Labute approximate surface area is 255 Å². The average Bonchev–Trinajstić information content (AvgIpc) is 2.95. The number of rotatable bonds is 5. The molecule has 4 N–H and O–H groups in total. The van der Waals surface area contributed by atoms with E-state index in [1.807, 2.05) is 0 Å². The summed E-state index contributed by atoms with van der Waals surface area (Å²) >= 11 is 12.7. The Morgan fingerprint density at radius 2 is 1.07 bits per heavy atom. The maximum absolute atomic E-state index is 14.1. The van der Waals surface area contributed by atoms with Crippen molar-refractivity contribution in [2.75, 3.05) is 23.9 Å². The van der Waals surface area contributed by atoms with Gasteiger partial charge in [-0.2, -0.15) is 0 Å². The van der Waals surface area contributed by atoms with Crippen LogP contribution in [0.5, 0.6) is 0 Å². The number of fused-ring (bicyclic) bond motifs is 4. The second-order valence-corrected chi connectivity index (χ2v) is 11.3. The van der Waals surface area contributed by atoms with Gasteiger partial charge in [-0.1, -0.05) is 35.3 Å². The zero-order valence-electron chi connectivity index (χ0n) is 22.9. The van der Waals surface area contributed by atoms with Gasteiger partial charge in [-0.15, -0.1) is 0 Å². The van der Waals surface area contributed by atoms with E-state index in [0.717, 1.165) is 0 Å². The first-order valence-electron chi connectivity index (χ1n) is 13.0. The van der Waals surface area contributed by atoms with Gasteiger partial charge in [-0.25, -0.2) is 18.7 Å². The Morgan fingerprint density at radius 3 is 1.41 bits per heavy atom. The van der Waals surface area contributed by atoms with Crippen molar-refractivity contribution < 1.29 is 19.8 Å². The summed E-state index contributed by atoms with van der Waals surface area (Å²) in [6.07, 6.45) is 0. The van der Waals surface area contributed by atoms with Crippen LogP contribution in [0.1, 0.15) is 34.1 Å². The normalized spacial score (nSPS) is 16.5. The number of halogens is 2. The first kappa shape index (κ1) is 29.0. The molecule has 0 spiro atoms. The second kappa shape index (κ2) is 10.3. The van der Waals surface area contributed by atoms with Gasteiger partial charge in [0.25, 0.3) is 11.1 Å². The average molecular weight is 641 g/mol. The molecule has 4 heterocycles. The number of H-pyrrole nitrogens is 2. The van der Waals surface area contributed by atoms with Crippen LogP contribution >= 0.6 is 23.2 Å². The van der Waals surface area contributed by atoms with Crippen LogP contribution < -0.4 is 32.3 Å². The lowest BCUT2D eigenvalue weighted by atomic mass is 9.70. The topological polar surface area (TPSA) is 191 Å². The van der Waals surface area contributed by atoms with Crippen molar-refractivity contribution in [2.45, 2.75) is 24.9 Å². The highest BCUT2D eigenvalue weighted by molar-refractivity contribution is 6.31. The number of carboxylic acids is 2. The van der Waals surface area contributed by atoms with Crippen LogP contribution in [-0.2, 0) is 22.7 Å². The molecule has 6 rings (SSSR count). The largest absolute Gasteiger partial charge is 0.480 e. The molecule has 0 fully saturated rings. The number of anilines is 4. The van der Waals surface area contributed by atoms with Crippen LogP contribution in [0.3, 0.4) is 0 Å². The molecule has 0 saturated carbocycles. The first-order chi connectivity index (χ1) is 20.8. The van der Waals surface area contributed by atoms with Crippen molar-refractivity contribution in [3.63, 3.8) is 0 Å². The molecule has 0 saturated heterocycles. The number of nitrogens with zero attached hydrogens (tertiary/aromatic N) is 4. The van der Waals surface area contributed by atoms with Crippen molar-refractivity contribution in [1.29, 1.82) is 0 Å². The molecule has 0 aliphatic carbocycles. The van der Waals surface area contributed by atoms with E-state index >= 15 is 0 Å². The number of benzene rings is 2. The predicted molar refractivity (Wildman–Crippen MR) is 161 cm³/mol. The molecular formula is C28H22Cl2N6O8. The molecule has 0 radical (unpaired) electrons. The SMILES string of the molecule is CN1c2cc(Cl)ccc2C(C2c3ccc(Cl)cc3N(C)c3[nH]c(=O)n(CC(=O)O)c(=O)c32)c2c1[nH]c(=O)n(CC(=O)O)c2=O. The molecule has 4 aromatic rings. The van der Waals surface area contributed by atoms with Crippen LogP contribution in [0, 0.1) is 0 Å². The summed E-state index contributed by atoms with van der Waals surface area (Å²) < 4.78 is 1.11. The Hall–Kier alpha value is -5.08. The maximum atomic E-state index is 14.1. The summed E-state index contributed by atoms with van der Waals surface area (Å²) in [6.45, 7) is -1.86. The van der Waals surface area contributed by atoms with E-state index in [1.54, 1.807) is 50.5 Å². The third-order valence-electron chi connectivity index (χ3n) is 7.99. The molecule has 2 aromatic carbocycles. The van der Waals surface area contributed by atoms with Gasteiger partial charge in [0.15, 0.2) is 0 Å². The van der Waals surface area contributed by atoms with Gasteiger partial charge in [0, 0.05) is 47.4 Å². The molecular weight excluding hydrogens is 619 g/mol. The zero-order valence-corrected chi connectivity index (χ0v) is 24.4. The van der Waals surface area contributed by atoms with Gasteiger partial charge in [-0.05, 0) is 35.4 Å². The Bertz CT molecular complexity index is 2010. The van der Waals surface area contributed by atoms with Crippen molar-refractivity contribution in [2.24, 2.45) is 0 Å². The van der Waals surface area contributed by atoms with Crippen molar-refractivity contribution >= 4 is 58.2 Å². The fraction of sp³-hybridized carbons (Fsp3) is 0.214. The molecule has 2 atom stereocenters. The van der Waals surface area contributed by atoms with E-state index in [-0.39, 0.29) is 22.8 Å². The third kappa shape index (κ3) is 4.33. The lowest BCUT2D eigenvalue weighted by Crippen LogP contribution is -2.46. The molecule has 16 heteroatoms. The number of aromatic amines is 2. The molecule has 226 valence electrons. The summed E-state index contributed by atoms with van der Waals surface area (Å²) in [4.78, 5) is 85.8. The highest BCUT2D eigenvalue weighted by Crippen LogP contribution is 2.55. The van der Waals surface area contributed by atoms with Crippen LogP contribution in [-0.4, -0.2) is 55.3 Å². The van der Waals surface area contributed by atoms with Gasteiger partial charge in [0.2, 0.25) is 0 Å². The van der Waals surface area contributed by atoms with Crippen LogP contribution in [0.2, 0.25) is 10.0 Å². The predicted octanol–water partition coefficient (Wildman–Crippen LogP) is 1.99. The van der Waals surface area contributed by atoms with Gasteiger partial charge in [-0.3, -0.25) is 29.1 Å². The lowest BCUT2D eigenvalue weighted by molar-refractivity contribution is -0.138. The standard InChI is InChI=1S/C28H22Cl2N6O8/c1-33-15-7-11(29)3-5-13(15)19(21-23(33)31-27(43)35(25(21)41)9-17(37)38)20-14-6-4-12(30)8-16(14)34(2)24-22(20)26(42)36(10-18(39)40)28(44)32-24/h3-8,19-20H,9-10H2,1-2H3,(H,31,43)(H,32,44)(H,37,38)(H,39,40). The number of carboxylic acid groups (broad SMARTS) is 2. The first-order valence-corrected chi connectivity index (χ1v) is 13.8. The number of carbonyl (C=O) groups is 2. The Balaban J connectivity index is 1.79. The highest BCUT2D eigenvalue weighted by atomic mass is 35.5. The van der Waals surface area contributed by atoms with Crippen LogP contribution in [0.4, 0.5) is 23.0 Å². The fourth-order valence-corrected chi connectivity index (χ4v) is 6.52. The molecule has 0 bridgehead atoms. The Kier molecular flexibility index (Phi) is 6.78. The molecule has 2 aliphatic heterocycles. The molecule has 44 heavy (non-hydrogen) atoms. The third-order valence-corrected chi connectivity index (χ3v) is 8.46. The summed E-state index contributed by atoms with van der Waals surface area (Å²) in [6, 6.07) is 9.71. The van der Waals surface area contributed by atoms with Gasteiger partial charge in [0.1, 0.15) is 24.7 Å². The maximum Gasteiger partial charge on any atom is 0.330 e. The summed E-state index contributed by atoms with van der Waals surface area (Å²) in [7, 11) is 3.18. The fourth-order valence-electron chi connectivity index (χ4n) is 6.18. The van der Waals surface area contributed by atoms with Crippen LogP contribution in [0.25, 0.3) is 0 Å². The van der Waals surface area contributed by atoms with Gasteiger partial charge in [0.05, 0.1) is 11.1 Å². The van der Waals surface area contributed by atoms with Crippen molar-refractivity contribution in [3.05, 3.63) is 110 Å². The molecule has 2 unspecified atom stereocenters. The number of hydrogen-bond acceptors (Lipinski definition) is 8. The minimum Gasteiger partial charge on any atom is -0.480 e. The summed E-state index contributed by atoms with van der Waals surface area (Å²) in [5, 5.41) is 19.6. The van der Waals surface area contributed by atoms with E-state index < -0.39 is 59.4 Å². The van der Waals surface area contributed by atoms with Crippen molar-refractivity contribution in [3.8, 4) is 0 Å². The second-order valence-electron chi connectivity index (χ2n) is 10.4.